The van der Waals surface area contributed by atoms with Crippen LogP contribution < -0.4 is 5.32 Å². The minimum Gasteiger partial charge on any atom is -0.322 e. The van der Waals surface area contributed by atoms with Gasteiger partial charge in [0.2, 0.25) is 0 Å². The molecule has 1 heterocycles. The first-order valence-electron chi connectivity index (χ1n) is 7.33. The van der Waals surface area contributed by atoms with Gasteiger partial charge < -0.3 is 5.32 Å². The highest BCUT2D eigenvalue weighted by molar-refractivity contribution is 6.09. The molecule has 1 atom stereocenters. The van der Waals surface area contributed by atoms with Crippen molar-refractivity contribution in [3.05, 3.63) is 71.3 Å². The Morgan fingerprint density at radius 3 is 2.35 bits per heavy atom. The van der Waals surface area contributed by atoms with Gasteiger partial charge in [0, 0.05) is 5.56 Å². The molecular weight excluding hydrogens is 292 g/mol. The maximum atomic E-state index is 12.4. The summed E-state index contributed by atoms with van der Waals surface area (Å²) in [6, 6.07) is 14.8. The molecule has 2 aromatic carbocycles. The van der Waals surface area contributed by atoms with Gasteiger partial charge in [0.05, 0.1) is 6.54 Å². The molecule has 1 aliphatic rings. The predicted molar refractivity (Wildman–Crippen MR) is 84.9 cm³/mol. The van der Waals surface area contributed by atoms with Crippen LogP contribution >= 0.6 is 0 Å². The molecule has 116 valence electrons. The number of hydrogen-bond acceptors (Lipinski definition) is 3. The largest absolute Gasteiger partial charge is 0.325 e. The molecule has 0 aromatic heterocycles. The summed E-state index contributed by atoms with van der Waals surface area (Å²) in [6.07, 6.45) is 0. The van der Waals surface area contributed by atoms with Crippen molar-refractivity contribution >= 4 is 17.7 Å². The third kappa shape index (κ3) is 2.99. The molecule has 23 heavy (non-hydrogen) atoms. The monoisotopic (exact) mass is 308 g/mol. The zero-order valence-electron chi connectivity index (χ0n) is 12.7. The van der Waals surface area contributed by atoms with Crippen molar-refractivity contribution in [3.8, 4) is 0 Å². The third-order valence-electron chi connectivity index (χ3n) is 3.83. The van der Waals surface area contributed by atoms with Crippen molar-refractivity contribution in [2.24, 2.45) is 0 Å². The molecule has 1 unspecified atom stereocenters. The molecule has 1 aliphatic heterocycles. The number of nitrogens with zero attached hydrogens (tertiary/aromatic N) is 1. The number of carbonyl (C=O) groups is 3. The fourth-order valence-corrected chi connectivity index (χ4v) is 2.51. The van der Waals surface area contributed by atoms with Crippen LogP contribution in [0, 0.1) is 6.92 Å². The number of nitrogens with one attached hydrogen (secondary N) is 1. The van der Waals surface area contributed by atoms with E-state index in [1.54, 1.807) is 36.4 Å². The van der Waals surface area contributed by atoms with Crippen LogP contribution in [0.5, 0.6) is 0 Å². The van der Waals surface area contributed by atoms with Gasteiger partial charge in [-0.3, -0.25) is 14.5 Å². The summed E-state index contributed by atoms with van der Waals surface area (Å²) in [6.45, 7) is 1.67. The molecule has 0 radical (unpaired) electrons. The van der Waals surface area contributed by atoms with Crippen molar-refractivity contribution in [2.75, 3.05) is 6.54 Å². The van der Waals surface area contributed by atoms with Crippen LogP contribution in [0.15, 0.2) is 54.6 Å². The summed E-state index contributed by atoms with van der Waals surface area (Å²) < 4.78 is 0. The van der Waals surface area contributed by atoms with Crippen LogP contribution in [0.3, 0.4) is 0 Å². The maximum Gasteiger partial charge on any atom is 0.325 e. The summed E-state index contributed by atoms with van der Waals surface area (Å²) in [7, 11) is 0. The molecular formula is C18H16N2O3. The quantitative estimate of drug-likeness (QED) is 0.697. The van der Waals surface area contributed by atoms with Crippen LogP contribution in [0.1, 0.15) is 27.5 Å². The van der Waals surface area contributed by atoms with E-state index in [2.05, 4.69) is 5.32 Å². The van der Waals surface area contributed by atoms with Crippen molar-refractivity contribution < 1.29 is 14.4 Å². The van der Waals surface area contributed by atoms with E-state index in [1.165, 1.54) is 0 Å². The number of urea groups is 1. The highest BCUT2D eigenvalue weighted by Gasteiger charge is 2.39. The first kappa shape index (κ1) is 15.0. The van der Waals surface area contributed by atoms with E-state index < -0.39 is 18.0 Å². The predicted octanol–water partition coefficient (Wildman–Crippen LogP) is 2.47. The molecule has 2 aromatic rings. The molecule has 5 heteroatoms. The topological polar surface area (TPSA) is 66.5 Å². The Kier molecular flexibility index (Phi) is 3.93. The molecule has 3 rings (SSSR count). The average Bonchev–Trinajstić information content (AvgIpc) is 2.84. The Bertz CT molecular complexity index is 754. The van der Waals surface area contributed by atoms with Crippen LogP contribution in [-0.4, -0.2) is 29.2 Å². The lowest BCUT2D eigenvalue weighted by molar-refractivity contribution is -0.127. The molecule has 0 saturated carbocycles. The lowest BCUT2D eigenvalue weighted by Crippen LogP contribution is -2.35. The number of rotatable bonds is 4. The van der Waals surface area contributed by atoms with Gasteiger partial charge in [-0.05, 0) is 12.5 Å². The summed E-state index contributed by atoms with van der Waals surface area (Å²) in [5.74, 6) is -0.663. The van der Waals surface area contributed by atoms with E-state index in [-0.39, 0.29) is 12.3 Å². The van der Waals surface area contributed by atoms with Gasteiger partial charge in [0.25, 0.3) is 5.91 Å². The second-order valence-electron chi connectivity index (χ2n) is 5.51. The smallest absolute Gasteiger partial charge is 0.322 e. The van der Waals surface area contributed by atoms with Crippen LogP contribution in [0.25, 0.3) is 0 Å². The second kappa shape index (κ2) is 6.04. The van der Waals surface area contributed by atoms with Gasteiger partial charge in [-0.15, -0.1) is 0 Å². The first-order valence-corrected chi connectivity index (χ1v) is 7.33. The molecule has 0 bridgehead atoms. The minimum absolute atomic E-state index is 0.253. The van der Waals surface area contributed by atoms with Gasteiger partial charge in [-0.1, -0.05) is 60.2 Å². The zero-order valence-corrected chi connectivity index (χ0v) is 12.7. The molecule has 5 nitrogen and oxygen atoms in total. The van der Waals surface area contributed by atoms with Crippen molar-refractivity contribution in [1.29, 1.82) is 0 Å². The molecule has 1 N–H and O–H groups in total. The summed E-state index contributed by atoms with van der Waals surface area (Å²) in [4.78, 5) is 37.7. The highest BCUT2D eigenvalue weighted by atomic mass is 16.2. The lowest BCUT2D eigenvalue weighted by Gasteiger charge is -2.12. The number of hydrogen-bond donors (Lipinski definition) is 1. The molecule has 0 aliphatic carbocycles. The fourth-order valence-electron chi connectivity index (χ4n) is 2.51. The number of carbonyl (C=O) groups excluding carboxylic acids is 3. The van der Waals surface area contributed by atoms with Crippen molar-refractivity contribution in [2.45, 2.75) is 13.0 Å². The van der Waals surface area contributed by atoms with E-state index in [4.69, 9.17) is 0 Å². The molecule has 1 fully saturated rings. The first-order chi connectivity index (χ1) is 11.1. The Balaban J connectivity index is 1.76. The lowest BCUT2D eigenvalue weighted by atomic mass is 10.1. The Labute approximate surface area is 133 Å². The van der Waals surface area contributed by atoms with Gasteiger partial charge in [-0.25, -0.2) is 4.79 Å². The number of Topliss-reactive ketones (excluding diaryl/α,β-unsaturated/α-hetero) is 1. The van der Waals surface area contributed by atoms with Gasteiger partial charge >= 0.3 is 6.03 Å². The maximum absolute atomic E-state index is 12.4. The number of amides is 3. The molecule has 3 amide bonds. The summed E-state index contributed by atoms with van der Waals surface area (Å²) in [5.41, 5.74) is 2.23. The Morgan fingerprint density at radius 1 is 1.04 bits per heavy atom. The zero-order chi connectivity index (χ0) is 16.4. The molecule has 0 spiro atoms. The van der Waals surface area contributed by atoms with E-state index in [1.807, 2.05) is 25.1 Å². The summed E-state index contributed by atoms with van der Waals surface area (Å²) in [5, 5.41) is 2.62. The van der Waals surface area contributed by atoms with Gasteiger partial charge in [0.1, 0.15) is 6.04 Å². The van der Waals surface area contributed by atoms with E-state index in [0.29, 0.717) is 11.1 Å². The SMILES string of the molecule is Cc1ccc(C(=O)CN2C(=O)NC(c3ccccc3)C2=O)cc1. The number of imide groups is 1. The highest BCUT2D eigenvalue weighted by Crippen LogP contribution is 2.21. The molecule has 1 saturated heterocycles. The Morgan fingerprint density at radius 2 is 1.70 bits per heavy atom. The van der Waals surface area contributed by atoms with Gasteiger partial charge in [-0.2, -0.15) is 0 Å². The van der Waals surface area contributed by atoms with Crippen molar-refractivity contribution in [1.82, 2.24) is 10.2 Å². The van der Waals surface area contributed by atoms with Crippen LogP contribution in [0.2, 0.25) is 0 Å². The standard InChI is InChI=1S/C18H16N2O3/c1-12-7-9-13(10-8-12)15(21)11-20-17(22)16(19-18(20)23)14-5-3-2-4-6-14/h2-10,16H,11H2,1H3,(H,19,23). The van der Waals surface area contributed by atoms with Gasteiger partial charge in [0.15, 0.2) is 5.78 Å². The number of ketones is 1. The van der Waals surface area contributed by atoms with Crippen LogP contribution in [-0.2, 0) is 4.79 Å². The third-order valence-corrected chi connectivity index (χ3v) is 3.83. The normalized spacial score (nSPS) is 17.3. The number of aryl methyl sites for hydroxylation is 1. The van der Waals surface area contributed by atoms with E-state index in [0.717, 1.165) is 10.5 Å². The van der Waals surface area contributed by atoms with Crippen LogP contribution in [0.4, 0.5) is 4.79 Å². The fraction of sp³-hybridized carbons (Fsp3) is 0.167. The van der Waals surface area contributed by atoms with Crippen molar-refractivity contribution in [3.63, 3.8) is 0 Å². The second-order valence-corrected chi connectivity index (χ2v) is 5.51. The average molecular weight is 308 g/mol. The Hall–Kier alpha value is -2.95. The van der Waals surface area contributed by atoms with E-state index >= 15 is 0 Å². The van der Waals surface area contributed by atoms with E-state index in [9.17, 15) is 14.4 Å². The summed E-state index contributed by atoms with van der Waals surface area (Å²) >= 11 is 0. The number of benzene rings is 2. The minimum atomic E-state index is -0.727.